The molecule has 1 aromatic heterocycles. The molecule has 130 valence electrons. The standard InChI is InChI=1S/C18H18N2O5/c21-18(20-13-4-5-15-16(8-13)25-11-24-15)12-3-6-17(19-9-12)23-10-14-2-1-7-22-14/h3-6,8-9,14H,1-2,7,10-11H2,(H,20,21). The first kappa shape index (κ1) is 15.7. The second kappa shape index (κ2) is 6.98. The van der Waals surface area contributed by atoms with Crippen LogP contribution in [0.15, 0.2) is 36.5 Å². The van der Waals surface area contributed by atoms with E-state index in [1.807, 2.05) is 0 Å². The molecule has 0 saturated carbocycles. The topological polar surface area (TPSA) is 78.9 Å². The third-order valence-electron chi connectivity index (χ3n) is 4.07. The van der Waals surface area contributed by atoms with Crippen LogP contribution in [0.2, 0.25) is 0 Å². The molecule has 0 bridgehead atoms. The number of rotatable bonds is 5. The van der Waals surface area contributed by atoms with Crippen LogP contribution in [0.25, 0.3) is 0 Å². The van der Waals surface area contributed by atoms with Gasteiger partial charge in [0, 0.05) is 30.6 Å². The Morgan fingerprint density at radius 2 is 2.16 bits per heavy atom. The van der Waals surface area contributed by atoms with Gasteiger partial charge in [-0.15, -0.1) is 0 Å². The largest absolute Gasteiger partial charge is 0.475 e. The molecule has 1 amide bonds. The smallest absolute Gasteiger partial charge is 0.257 e. The number of fused-ring (bicyclic) bond motifs is 1. The monoisotopic (exact) mass is 342 g/mol. The lowest BCUT2D eigenvalue weighted by atomic mass is 10.2. The summed E-state index contributed by atoms with van der Waals surface area (Å²) in [5.41, 5.74) is 1.08. The number of pyridine rings is 1. The molecule has 0 aliphatic carbocycles. The van der Waals surface area contributed by atoms with Gasteiger partial charge in [-0.3, -0.25) is 4.79 Å². The number of aromatic nitrogens is 1. The number of benzene rings is 1. The van der Waals surface area contributed by atoms with E-state index in [9.17, 15) is 4.79 Å². The van der Waals surface area contributed by atoms with Crippen LogP contribution in [0.1, 0.15) is 23.2 Å². The van der Waals surface area contributed by atoms with E-state index in [1.54, 1.807) is 30.3 Å². The van der Waals surface area contributed by atoms with Crippen molar-refractivity contribution < 1.29 is 23.7 Å². The normalized spacial score (nSPS) is 18.2. The number of nitrogens with zero attached hydrogens (tertiary/aromatic N) is 1. The van der Waals surface area contributed by atoms with Crippen LogP contribution < -0.4 is 19.5 Å². The number of hydrogen-bond acceptors (Lipinski definition) is 6. The Labute approximate surface area is 144 Å². The molecule has 2 aliphatic rings. The lowest BCUT2D eigenvalue weighted by Crippen LogP contribution is -2.17. The minimum atomic E-state index is -0.253. The van der Waals surface area contributed by atoms with Gasteiger partial charge >= 0.3 is 0 Å². The van der Waals surface area contributed by atoms with Crippen molar-refractivity contribution >= 4 is 11.6 Å². The molecule has 1 saturated heterocycles. The number of carbonyl (C=O) groups is 1. The third kappa shape index (κ3) is 3.66. The van der Waals surface area contributed by atoms with E-state index >= 15 is 0 Å². The highest BCUT2D eigenvalue weighted by Crippen LogP contribution is 2.34. The summed E-state index contributed by atoms with van der Waals surface area (Å²) >= 11 is 0. The van der Waals surface area contributed by atoms with E-state index in [1.165, 1.54) is 6.20 Å². The average molecular weight is 342 g/mol. The maximum atomic E-state index is 12.3. The molecule has 25 heavy (non-hydrogen) atoms. The molecule has 1 N–H and O–H groups in total. The molecule has 1 unspecified atom stereocenters. The summed E-state index contributed by atoms with van der Waals surface area (Å²) in [4.78, 5) is 16.5. The van der Waals surface area contributed by atoms with Gasteiger partial charge in [0.25, 0.3) is 5.91 Å². The first-order valence-corrected chi connectivity index (χ1v) is 8.19. The molecule has 2 aliphatic heterocycles. The molecule has 7 heteroatoms. The highest BCUT2D eigenvalue weighted by molar-refractivity contribution is 6.04. The highest BCUT2D eigenvalue weighted by Gasteiger charge is 2.17. The predicted octanol–water partition coefficient (Wildman–Crippen LogP) is 2.62. The summed E-state index contributed by atoms with van der Waals surface area (Å²) < 4.78 is 21.6. The van der Waals surface area contributed by atoms with Gasteiger partial charge in [0.05, 0.1) is 11.7 Å². The number of ether oxygens (including phenoxy) is 4. The lowest BCUT2D eigenvalue weighted by Gasteiger charge is -2.11. The average Bonchev–Trinajstić information content (AvgIpc) is 3.31. The maximum Gasteiger partial charge on any atom is 0.257 e. The van der Waals surface area contributed by atoms with E-state index in [2.05, 4.69) is 10.3 Å². The molecule has 0 radical (unpaired) electrons. The summed E-state index contributed by atoms with van der Waals surface area (Å²) in [6.45, 7) is 1.47. The Morgan fingerprint density at radius 1 is 1.24 bits per heavy atom. The molecule has 1 aromatic carbocycles. The first-order valence-electron chi connectivity index (χ1n) is 8.19. The van der Waals surface area contributed by atoms with Crippen LogP contribution in [0.3, 0.4) is 0 Å². The molecule has 0 spiro atoms. The van der Waals surface area contributed by atoms with Gasteiger partial charge in [-0.25, -0.2) is 4.98 Å². The van der Waals surface area contributed by atoms with E-state index in [-0.39, 0.29) is 18.8 Å². The van der Waals surface area contributed by atoms with Gasteiger partial charge in [-0.05, 0) is 31.0 Å². The van der Waals surface area contributed by atoms with Gasteiger partial charge in [-0.2, -0.15) is 0 Å². The predicted molar refractivity (Wildman–Crippen MR) is 89.2 cm³/mol. The van der Waals surface area contributed by atoms with Gasteiger partial charge in [0.15, 0.2) is 11.5 Å². The van der Waals surface area contributed by atoms with Crippen molar-refractivity contribution in [3.63, 3.8) is 0 Å². The molecule has 1 fully saturated rings. The molecule has 1 atom stereocenters. The van der Waals surface area contributed by atoms with Crippen molar-refractivity contribution in [2.45, 2.75) is 18.9 Å². The zero-order valence-electron chi connectivity index (χ0n) is 13.6. The van der Waals surface area contributed by atoms with Gasteiger partial charge in [0.2, 0.25) is 12.7 Å². The maximum absolute atomic E-state index is 12.3. The molecule has 4 rings (SSSR count). The van der Waals surface area contributed by atoms with Crippen molar-refractivity contribution in [1.29, 1.82) is 0 Å². The van der Waals surface area contributed by atoms with E-state index in [0.717, 1.165) is 19.4 Å². The second-order valence-corrected chi connectivity index (χ2v) is 5.85. The number of anilines is 1. The zero-order valence-corrected chi connectivity index (χ0v) is 13.6. The van der Waals surface area contributed by atoms with Crippen LogP contribution >= 0.6 is 0 Å². The van der Waals surface area contributed by atoms with Crippen molar-refractivity contribution in [3.05, 3.63) is 42.1 Å². The Hall–Kier alpha value is -2.80. The third-order valence-corrected chi connectivity index (χ3v) is 4.07. The molecular weight excluding hydrogens is 324 g/mol. The Balaban J connectivity index is 1.35. The minimum absolute atomic E-state index is 0.135. The SMILES string of the molecule is O=C(Nc1ccc2c(c1)OCO2)c1ccc(OCC2CCCO2)nc1. The Morgan fingerprint density at radius 3 is 2.96 bits per heavy atom. The van der Waals surface area contributed by atoms with Crippen molar-refractivity contribution in [2.75, 3.05) is 25.3 Å². The van der Waals surface area contributed by atoms with Crippen molar-refractivity contribution in [1.82, 2.24) is 4.98 Å². The number of nitrogens with one attached hydrogen (secondary N) is 1. The summed E-state index contributed by atoms with van der Waals surface area (Å²) in [5, 5.41) is 2.81. The fraction of sp³-hybridized carbons (Fsp3) is 0.333. The first-order chi connectivity index (χ1) is 12.3. The van der Waals surface area contributed by atoms with E-state index < -0.39 is 0 Å². The van der Waals surface area contributed by atoms with Crippen LogP contribution in [-0.4, -0.2) is 37.0 Å². The fourth-order valence-electron chi connectivity index (χ4n) is 2.73. The van der Waals surface area contributed by atoms with Crippen LogP contribution in [0.4, 0.5) is 5.69 Å². The van der Waals surface area contributed by atoms with Crippen LogP contribution in [0.5, 0.6) is 17.4 Å². The summed E-state index contributed by atoms with van der Waals surface area (Å²) in [6.07, 6.45) is 3.71. The van der Waals surface area contributed by atoms with Gasteiger partial charge < -0.3 is 24.3 Å². The second-order valence-electron chi connectivity index (χ2n) is 5.85. The quantitative estimate of drug-likeness (QED) is 0.900. The number of carbonyl (C=O) groups excluding carboxylic acids is 1. The van der Waals surface area contributed by atoms with E-state index in [4.69, 9.17) is 18.9 Å². The minimum Gasteiger partial charge on any atom is -0.475 e. The molecule has 2 aromatic rings. The van der Waals surface area contributed by atoms with Gasteiger partial charge in [-0.1, -0.05) is 0 Å². The summed E-state index contributed by atoms with van der Waals surface area (Å²) in [6, 6.07) is 8.62. The summed E-state index contributed by atoms with van der Waals surface area (Å²) in [7, 11) is 0. The van der Waals surface area contributed by atoms with Gasteiger partial charge in [0.1, 0.15) is 6.61 Å². The van der Waals surface area contributed by atoms with Crippen LogP contribution in [-0.2, 0) is 4.74 Å². The van der Waals surface area contributed by atoms with Crippen molar-refractivity contribution in [3.8, 4) is 17.4 Å². The lowest BCUT2D eigenvalue weighted by molar-refractivity contribution is 0.0663. The number of hydrogen-bond donors (Lipinski definition) is 1. The summed E-state index contributed by atoms with van der Waals surface area (Å²) in [5.74, 6) is 1.52. The van der Waals surface area contributed by atoms with E-state index in [0.29, 0.717) is 35.2 Å². The molecular formula is C18H18N2O5. The highest BCUT2D eigenvalue weighted by atomic mass is 16.7. The Kier molecular flexibility index (Phi) is 4.39. The Bertz CT molecular complexity index is 757. The van der Waals surface area contributed by atoms with Crippen LogP contribution in [0, 0.1) is 0 Å². The van der Waals surface area contributed by atoms with Crippen molar-refractivity contribution in [2.24, 2.45) is 0 Å². The number of amides is 1. The molecule has 3 heterocycles. The molecule has 7 nitrogen and oxygen atoms in total. The fourth-order valence-corrected chi connectivity index (χ4v) is 2.73. The zero-order chi connectivity index (χ0) is 17.1.